The van der Waals surface area contributed by atoms with Gasteiger partial charge in [-0.1, -0.05) is 17.7 Å². The Morgan fingerprint density at radius 3 is 2.50 bits per heavy atom. The molecule has 0 saturated heterocycles. The highest BCUT2D eigenvalue weighted by Gasteiger charge is 2.31. The first-order valence-corrected chi connectivity index (χ1v) is 6.61. The topological polar surface area (TPSA) is 22.1 Å². The highest BCUT2D eigenvalue weighted by atomic mass is 79.9. The predicted molar refractivity (Wildman–Crippen MR) is 73.2 cm³/mol. The Morgan fingerprint density at radius 1 is 1.20 bits per heavy atom. The van der Waals surface area contributed by atoms with Crippen molar-refractivity contribution in [1.29, 1.82) is 0 Å². The Kier molecular flexibility index (Phi) is 4.25. The first-order chi connectivity index (χ1) is 9.25. The Labute approximate surface area is 126 Å². The Hall–Kier alpha value is -1.27. The summed E-state index contributed by atoms with van der Waals surface area (Å²) in [7, 11) is 0. The van der Waals surface area contributed by atoms with Gasteiger partial charge in [-0.3, -0.25) is 0 Å². The molecule has 20 heavy (non-hydrogen) atoms. The Balaban J connectivity index is 2.36. The zero-order chi connectivity index (χ0) is 14.9. The SMILES string of the molecule is Cc1ccc(Oc2cc(C(F)(F)F)cc(Cl)n2)c(Br)c1. The van der Waals surface area contributed by atoms with E-state index in [0.29, 0.717) is 10.2 Å². The summed E-state index contributed by atoms with van der Waals surface area (Å²) in [6, 6.07) is 6.74. The molecule has 0 aliphatic heterocycles. The van der Waals surface area contributed by atoms with Crippen LogP contribution in [0.2, 0.25) is 5.15 Å². The highest BCUT2D eigenvalue weighted by Crippen LogP contribution is 2.35. The smallest absolute Gasteiger partial charge is 0.416 e. The first-order valence-electron chi connectivity index (χ1n) is 5.44. The second kappa shape index (κ2) is 5.61. The molecule has 2 rings (SSSR count). The zero-order valence-electron chi connectivity index (χ0n) is 10.1. The average Bonchev–Trinajstić information content (AvgIpc) is 2.31. The number of pyridine rings is 1. The summed E-state index contributed by atoms with van der Waals surface area (Å²) < 4.78 is 44.0. The number of benzene rings is 1. The van der Waals surface area contributed by atoms with Gasteiger partial charge in [-0.25, -0.2) is 4.98 Å². The lowest BCUT2D eigenvalue weighted by molar-refractivity contribution is -0.137. The maximum atomic E-state index is 12.7. The molecule has 0 fully saturated rings. The molecule has 1 heterocycles. The molecule has 0 unspecified atom stereocenters. The number of rotatable bonds is 2. The van der Waals surface area contributed by atoms with E-state index in [0.717, 1.165) is 17.7 Å². The van der Waals surface area contributed by atoms with Gasteiger partial charge in [0.25, 0.3) is 0 Å². The third-order valence-corrected chi connectivity index (χ3v) is 3.21. The van der Waals surface area contributed by atoms with Gasteiger partial charge in [-0.2, -0.15) is 13.2 Å². The maximum Gasteiger partial charge on any atom is 0.416 e. The third kappa shape index (κ3) is 3.64. The molecule has 0 radical (unpaired) electrons. The summed E-state index contributed by atoms with van der Waals surface area (Å²) in [6.45, 7) is 1.88. The van der Waals surface area contributed by atoms with Crippen LogP contribution in [0.1, 0.15) is 11.1 Å². The van der Waals surface area contributed by atoms with Gasteiger partial charge in [0.05, 0.1) is 10.0 Å². The molecule has 0 atom stereocenters. The second-order valence-electron chi connectivity index (χ2n) is 4.05. The van der Waals surface area contributed by atoms with Crippen molar-refractivity contribution in [3.05, 3.63) is 51.1 Å². The first kappa shape index (κ1) is 15.1. The molecule has 1 aromatic heterocycles. The minimum atomic E-state index is -4.50. The van der Waals surface area contributed by atoms with E-state index in [2.05, 4.69) is 20.9 Å². The monoisotopic (exact) mass is 365 g/mol. The summed E-state index contributed by atoms with van der Waals surface area (Å²) in [5.41, 5.74) is 0.0787. The van der Waals surface area contributed by atoms with E-state index >= 15 is 0 Å². The average molecular weight is 367 g/mol. The zero-order valence-corrected chi connectivity index (χ0v) is 12.5. The molecule has 2 aromatic rings. The van der Waals surface area contributed by atoms with Crippen molar-refractivity contribution in [2.75, 3.05) is 0 Å². The summed E-state index contributed by atoms with van der Waals surface area (Å²) in [5, 5.41) is -0.280. The van der Waals surface area contributed by atoms with Gasteiger partial charge >= 0.3 is 6.18 Å². The fraction of sp³-hybridized carbons (Fsp3) is 0.154. The molecule has 0 spiro atoms. The van der Waals surface area contributed by atoms with Gasteiger partial charge in [0, 0.05) is 6.07 Å². The lowest BCUT2D eigenvalue weighted by Gasteiger charge is -2.11. The fourth-order valence-corrected chi connectivity index (χ4v) is 2.27. The molecular formula is C13H8BrClF3NO. The Morgan fingerprint density at radius 2 is 1.90 bits per heavy atom. The van der Waals surface area contributed by atoms with Crippen LogP contribution in [-0.2, 0) is 6.18 Å². The van der Waals surface area contributed by atoms with E-state index in [1.165, 1.54) is 0 Å². The number of halogens is 5. The van der Waals surface area contributed by atoms with Gasteiger partial charge in [0.15, 0.2) is 0 Å². The normalized spacial score (nSPS) is 11.5. The minimum Gasteiger partial charge on any atom is -0.438 e. The molecule has 1 aromatic carbocycles. The highest BCUT2D eigenvalue weighted by molar-refractivity contribution is 9.10. The van der Waals surface area contributed by atoms with Crippen molar-refractivity contribution in [3.63, 3.8) is 0 Å². The van der Waals surface area contributed by atoms with Crippen LogP contribution >= 0.6 is 27.5 Å². The molecule has 0 bridgehead atoms. The molecule has 7 heteroatoms. The number of hydrogen-bond donors (Lipinski definition) is 0. The standard InChI is InChI=1S/C13H8BrClF3NO/c1-7-2-3-10(9(14)4-7)20-12-6-8(13(16,17)18)5-11(15)19-12/h2-6H,1H3. The Bertz CT molecular complexity index is 646. The quantitative estimate of drug-likeness (QED) is 0.644. The molecule has 106 valence electrons. The van der Waals surface area contributed by atoms with Crippen LogP contribution in [0.3, 0.4) is 0 Å². The van der Waals surface area contributed by atoms with Crippen LogP contribution in [0.4, 0.5) is 13.2 Å². The van der Waals surface area contributed by atoms with Crippen molar-refractivity contribution < 1.29 is 17.9 Å². The van der Waals surface area contributed by atoms with E-state index in [9.17, 15) is 13.2 Å². The van der Waals surface area contributed by atoms with E-state index in [4.69, 9.17) is 16.3 Å². The fourth-order valence-electron chi connectivity index (χ4n) is 1.49. The summed E-state index contributed by atoms with van der Waals surface area (Å²) in [4.78, 5) is 3.73. The van der Waals surface area contributed by atoms with E-state index in [-0.39, 0.29) is 11.0 Å². The number of hydrogen-bond acceptors (Lipinski definition) is 2. The van der Waals surface area contributed by atoms with Crippen molar-refractivity contribution >= 4 is 27.5 Å². The van der Waals surface area contributed by atoms with E-state index < -0.39 is 11.7 Å². The predicted octanol–water partition coefficient (Wildman–Crippen LogP) is 5.62. The molecule has 2 nitrogen and oxygen atoms in total. The third-order valence-electron chi connectivity index (χ3n) is 2.40. The number of aryl methyl sites for hydroxylation is 1. The van der Waals surface area contributed by atoms with Crippen molar-refractivity contribution in [2.45, 2.75) is 13.1 Å². The van der Waals surface area contributed by atoms with Gasteiger partial charge in [-0.15, -0.1) is 0 Å². The molecule has 0 aliphatic carbocycles. The van der Waals surface area contributed by atoms with Crippen molar-refractivity contribution in [2.24, 2.45) is 0 Å². The molecule has 0 aliphatic rings. The van der Waals surface area contributed by atoms with Crippen LogP contribution in [0, 0.1) is 6.92 Å². The summed E-state index contributed by atoms with van der Waals surface area (Å²) in [6.07, 6.45) is -4.50. The van der Waals surface area contributed by atoms with E-state index in [1.807, 2.05) is 6.92 Å². The second-order valence-corrected chi connectivity index (χ2v) is 5.29. The largest absolute Gasteiger partial charge is 0.438 e. The molecule has 0 N–H and O–H groups in total. The number of nitrogens with zero attached hydrogens (tertiary/aromatic N) is 1. The molecular weight excluding hydrogens is 358 g/mol. The maximum absolute atomic E-state index is 12.7. The van der Waals surface area contributed by atoms with Gasteiger partial charge < -0.3 is 4.74 Å². The van der Waals surface area contributed by atoms with Gasteiger partial charge in [0.1, 0.15) is 10.9 Å². The lowest BCUT2D eigenvalue weighted by Crippen LogP contribution is -2.05. The number of ether oxygens (including phenoxy) is 1. The van der Waals surface area contributed by atoms with Crippen molar-refractivity contribution in [3.8, 4) is 11.6 Å². The van der Waals surface area contributed by atoms with Gasteiger partial charge in [-0.05, 0) is 46.6 Å². The van der Waals surface area contributed by atoms with Crippen LogP contribution in [0.5, 0.6) is 11.6 Å². The van der Waals surface area contributed by atoms with Gasteiger partial charge in [0.2, 0.25) is 5.88 Å². The summed E-state index contributed by atoms with van der Waals surface area (Å²) >= 11 is 8.86. The van der Waals surface area contributed by atoms with E-state index in [1.54, 1.807) is 18.2 Å². The van der Waals surface area contributed by atoms with Crippen LogP contribution in [0.15, 0.2) is 34.8 Å². The molecule has 0 saturated carbocycles. The minimum absolute atomic E-state index is 0.214. The number of aromatic nitrogens is 1. The molecule has 0 amide bonds. The van der Waals surface area contributed by atoms with Crippen LogP contribution in [0.25, 0.3) is 0 Å². The summed E-state index contributed by atoms with van der Waals surface area (Å²) in [5.74, 6) is 0.146. The van der Waals surface area contributed by atoms with Crippen LogP contribution < -0.4 is 4.74 Å². The lowest BCUT2D eigenvalue weighted by atomic mass is 10.2. The number of alkyl halides is 3. The van der Waals surface area contributed by atoms with Crippen molar-refractivity contribution in [1.82, 2.24) is 4.98 Å². The van der Waals surface area contributed by atoms with Crippen LogP contribution in [-0.4, -0.2) is 4.98 Å².